The summed E-state index contributed by atoms with van der Waals surface area (Å²) in [6.45, 7) is 0.332. The summed E-state index contributed by atoms with van der Waals surface area (Å²) in [6, 6.07) is 11.9. The molecule has 5 aromatic rings. The smallest absolute Gasteiger partial charge is 0.335 e. The van der Waals surface area contributed by atoms with Gasteiger partial charge in [-0.1, -0.05) is 0 Å². The molecule has 12 heteroatoms. The van der Waals surface area contributed by atoms with Gasteiger partial charge < -0.3 is 10.1 Å². The topological polar surface area (TPSA) is 113 Å². The van der Waals surface area contributed by atoms with Crippen LogP contribution in [0.25, 0.3) is 16.9 Å². The van der Waals surface area contributed by atoms with E-state index in [0.29, 0.717) is 18.0 Å². The number of amides is 1. The number of nitrogens with one attached hydrogen (secondary N) is 1. The van der Waals surface area contributed by atoms with Crippen molar-refractivity contribution in [2.45, 2.75) is 19.4 Å². The number of halogens is 2. The zero-order valence-electron chi connectivity index (χ0n) is 22.3. The van der Waals surface area contributed by atoms with E-state index in [1.54, 1.807) is 36.3 Å². The molecule has 3 aromatic heterocycles. The molecule has 0 unspecified atom stereocenters. The van der Waals surface area contributed by atoms with Gasteiger partial charge in [0, 0.05) is 55.6 Å². The summed E-state index contributed by atoms with van der Waals surface area (Å²) in [5.74, 6) is -1.60. The fourth-order valence-corrected chi connectivity index (χ4v) is 4.46. The Hall–Kier alpha value is -5.39. The zero-order chi connectivity index (χ0) is 29.4. The fourth-order valence-electron chi connectivity index (χ4n) is 4.46. The Morgan fingerprint density at radius 3 is 2.52 bits per heavy atom. The molecule has 1 aliphatic rings. The number of ether oxygens (including phenoxy) is 1. The molecule has 212 valence electrons. The van der Waals surface area contributed by atoms with Gasteiger partial charge in [-0.2, -0.15) is 5.10 Å². The highest BCUT2D eigenvalue weighted by molar-refractivity contribution is 6.03. The third kappa shape index (κ3) is 5.59. The van der Waals surface area contributed by atoms with Crippen LogP contribution in [0.1, 0.15) is 23.2 Å². The van der Waals surface area contributed by atoms with Crippen molar-refractivity contribution < 1.29 is 18.3 Å². The standard InChI is InChI=1S/C30H24F2N6O4/c1-36-16-19(14-34-36)26-13-23(10-11-33-26)42-27-9-6-21(12-25(27)32)35-28(39)24-17-37(15-18-2-3-18)30(41)38(29(24)40)22-7-4-20(31)5-8-22/h4-14,16-18H,2-3,15H2,1H3,(H,35,39). The first kappa shape index (κ1) is 26.8. The van der Waals surface area contributed by atoms with E-state index < -0.39 is 28.8 Å². The van der Waals surface area contributed by atoms with E-state index in [1.807, 2.05) is 0 Å². The Morgan fingerprint density at radius 1 is 1.05 bits per heavy atom. The molecule has 3 heterocycles. The van der Waals surface area contributed by atoms with Crippen LogP contribution in [0.4, 0.5) is 14.5 Å². The Balaban J connectivity index is 1.25. The normalized spacial score (nSPS) is 12.7. The highest BCUT2D eigenvalue weighted by Gasteiger charge is 2.25. The minimum absolute atomic E-state index is 0.0725. The molecule has 1 saturated carbocycles. The first-order chi connectivity index (χ1) is 20.2. The van der Waals surface area contributed by atoms with Gasteiger partial charge in [0.15, 0.2) is 11.6 Å². The lowest BCUT2D eigenvalue weighted by atomic mass is 10.2. The number of carbonyl (C=O) groups excluding carboxylic acids is 1. The predicted molar refractivity (Wildman–Crippen MR) is 150 cm³/mol. The van der Waals surface area contributed by atoms with Crippen LogP contribution in [-0.2, 0) is 13.6 Å². The second-order valence-electron chi connectivity index (χ2n) is 10.0. The first-order valence-electron chi connectivity index (χ1n) is 13.1. The predicted octanol–water partition coefficient (Wildman–Crippen LogP) is 4.53. The minimum Gasteiger partial charge on any atom is -0.454 e. The fraction of sp³-hybridized carbons (Fsp3) is 0.167. The molecule has 10 nitrogen and oxygen atoms in total. The average molecular weight is 571 g/mol. The number of carbonyl (C=O) groups is 1. The van der Waals surface area contributed by atoms with E-state index in [1.165, 1.54) is 41.2 Å². The number of rotatable bonds is 8. The third-order valence-corrected chi connectivity index (χ3v) is 6.79. The molecular weight excluding hydrogens is 546 g/mol. The molecule has 0 radical (unpaired) electrons. The van der Waals surface area contributed by atoms with Crippen LogP contribution >= 0.6 is 0 Å². The number of nitrogens with zero attached hydrogens (tertiary/aromatic N) is 5. The van der Waals surface area contributed by atoms with Crippen molar-refractivity contribution in [3.63, 3.8) is 0 Å². The van der Waals surface area contributed by atoms with E-state index in [0.717, 1.165) is 41.2 Å². The lowest BCUT2D eigenvalue weighted by Gasteiger charge is -2.14. The third-order valence-electron chi connectivity index (χ3n) is 6.79. The maximum atomic E-state index is 15.0. The molecular formula is C30H24F2N6O4. The van der Waals surface area contributed by atoms with Gasteiger partial charge in [0.05, 0.1) is 17.6 Å². The van der Waals surface area contributed by atoms with Crippen LogP contribution in [-0.4, -0.2) is 29.8 Å². The number of aromatic nitrogens is 5. The number of hydrogen-bond acceptors (Lipinski definition) is 6. The summed E-state index contributed by atoms with van der Waals surface area (Å²) in [5, 5.41) is 6.64. The molecule has 1 amide bonds. The summed E-state index contributed by atoms with van der Waals surface area (Å²) < 4.78 is 38.0. The number of hydrogen-bond donors (Lipinski definition) is 1. The summed E-state index contributed by atoms with van der Waals surface area (Å²) in [7, 11) is 1.78. The molecule has 2 aromatic carbocycles. The maximum Gasteiger partial charge on any atom is 0.335 e. The van der Waals surface area contributed by atoms with E-state index >= 15 is 4.39 Å². The van der Waals surface area contributed by atoms with Crippen molar-refractivity contribution in [1.82, 2.24) is 23.9 Å². The summed E-state index contributed by atoms with van der Waals surface area (Å²) >= 11 is 0. The van der Waals surface area contributed by atoms with Crippen molar-refractivity contribution in [1.29, 1.82) is 0 Å². The van der Waals surface area contributed by atoms with Crippen molar-refractivity contribution in [3.8, 4) is 28.4 Å². The molecule has 0 bridgehead atoms. The van der Waals surface area contributed by atoms with E-state index in [2.05, 4.69) is 15.4 Å². The summed E-state index contributed by atoms with van der Waals surface area (Å²) in [5.41, 5.74) is -0.268. The van der Waals surface area contributed by atoms with Crippen LogP contribution in [0.2, 0.25) is 0 Å². The minimum atomic E-state index is -0.876. The molecule has 0 aliphatic heterocycles. The highest BCUT2D eigenvalue weighted by Crippen LogP contribution is 2.30. The van der Waals surface area contributed by atoms with Crippen molar-refractivity contribution in [2.75, 3.05) is 5.32 Å². The molecule has 6 rings (SSSR count). The second kappa shape index (κ2) is 10.9. The maximum absolute atomic E-state index is 15.0. The second-order valence-corrected chi connectivity index (χ2v) is 10.0. The van der Waals surface area contributed by atoms with Gasteiger partial charge in [0.2, 0.25) is 0 Å². The first-order valence-corrected chi connectivity index (χ1v) is 13.1. The zero-order valence-corrected chi connectivity index (χ0v) is 22.3. The van der Waals surface area contributed by atoms with Crippen molar-refractivity contribution in [2.24, 2.45) is 13.0 Å². The average Bonchev–Trinajstić information content (AvgIpc) is 3.69. The molecule has 0 atom stereocenters. The van der Waals surface area contributed by atoms with Crippen LogP contribution < -0.4 is 21.3 Å². The number of aryl methyl sites for hydroxylation is 1. The SMILES string of the molecule is Cn1cc(-c2cc(Oc3ccc(NC(=O)c4cn(CC5CC5)c(=O)n(-c5ccc(F)cc5)c4=O)cc3F)ccn2)cn1. The Kier molecular flexibility index (Phi) is 6.95. The van der Waals surface area contributed by atoms with E-state index in [9.17, 15) is 18.8 Å². The molecule has 1 N–H and O–H groups in total. The molecule has 0 spiro atoms. The lowest BCUT2D eigenvalue weighted by molar-refractivity contribution is 0.102. The summed E-state index contributed by atoms with van der Waals surface area (Å²) in [6.07, 6.45) is 8.05. The van der Waals surface area contributed by atoms with Gasteiger partial charge in [0.1, 0.15) is 17.1 Å². The van der Waals surface area contributed by atoms with Gasteiger partial charge in [-0.25, -0.2) is 18.1 Å². The van der Waals surface area contributed by atoms with Gasteiger partial charge in [0.25, 0.3) is 11.5 Å². The van der Waals surface area contributed by atoms with Gasteiger partial charge in [-0.15, -0.1) is 0 Å². The summed E-state index contributed by atoms with van der Waals surface area (Å²) in [4.78, 5) is 44.0. The van der Waals surface area contributed by atoms with Crippen LogP contribution in [0.3, 0.4) is 0 Å². The number of benzene rings is 2. The molecule has 1 fully saturated rings. The van der Waals surface area contributed by atoms with Crippen molar-refractivity contribution in [3.05, 3.63) is 117 Å². The number of anilines is 1. The Bertz CT molecular complexity index is 1930. The van der Waals surface area contributed by atoms with Crippen molar-refractivity contribution >= 4 is 11.6 Å². The highest BCUT2D eigenvalue weighted by atomic mass is 19.1. The van der Waals surface area contributed by atoms with Gasteiger partial charge in [-0.05, 0) is 61.2 Å². The largest absolute Gasteiger partial charge is 0.454 e. The quantitative estimate of drug-likeness (QED) is 0.293. The molecule has 42 heavy (non-hydrogen) atoms. The van der Waals surface area contributed by atoms with Gasteiger partial charge >= 0.3 is 5.69 Å². The molecule has 1 aliphatic carbocycles. The Labute approximate surface area is 237 Å². The van der Waals surface area contributed by atoms with E-state index in [-0.39, 0.29) is 28.6 Å². The van der Waals surface area contributed by atoms with Crippen LogP contribution in [0.5, 0.6) is 11.5 Å². The van der Waals surface area contributed by atoms with Gasteiger partial charge in [-0.3, -0.25) is 23.8 Å². The van der Waals surface area contributed by atoms with E-state index in [4.69, 9.17) is 4.74 Å². The number of pyridine rings is 1. The lowest BCUT2D eigenvalue weighted by Crippen LogP contribution is -2.42. The van der Waals surface area contributed by atoms with Crippen LogP contribution in [0, 0.1) is 17.6 Å². The molecule has 0 saturated heterocycles. The van der Waals surface area contributed by atoms with Crippen LogP contribution in [0.15, 0.2) is 89.0 Å². The Morgan fingerprint density at radius 2 is 1.83 bits per heavy atom. The monoisotopic (exact) mass is 570 g/mol.